The van der Waals surface area contributed by atoms with Gasteiger partial charge in [-0.1, -0.05) is 36.4 Å². The number of pyridine rings is 1. The van der Waals surface area contributed by atoms with Crippen molar-refractivity contribution in [2.24, 2.45) is 0 Å². The SMILES string of the molecule is O=C1C[C@@H](O)CC(/C=C/c2c(C3CC3)nc3ccccc3c2-c2ccc(F)cc2)O1. The van der Waals surface area contributed by atoms with E-state index in [2.05, 4.69) is 0 Å². The minimum Gasteiger partial charge on any atom is -0.458 e. The smallest absolute Gasteiger partial charge is 0.309 e. The van der Waals surface area contributed by atoms with Crippen molar-refractivity contribution < 1.29 is 19.0 Å². The van der Waals surface area contributed by atoms with Crippen LogP contribution in [0.5, 0.6) is 0 Å². The number of cyclic esters (lactones) is 1. The number of rotatable bonds is 4. The monoisotopic (exact) mass is 403 g/mol. The number of para-hydroxylation sites is 1. The summed E-state index contributed by atoms with van der Waals surface area (Å²) in [5, 5.41) is 10.9. The number of aromatic nitrogens is 1. The number of fused-ring (bicyclic) bond motifs is 1. The molecule has 1 saturated heterocycles. The maximum absolute atomic E-state index is 13.6. The van der Waals surface area contributed by atoms with Gasteiger partial charge in [0.25, 0.3) is 0 Å². The van der Waals surface area contributed by atoms with Gasteiger partial charge in [0.1, 0.15) is 11.9 Å². The molecule has 152 valence electrons. The zero-order valence-electron chi connectivity index (χ0n) is 16.4. The first-order chi connectivity index (χ1) is 14.6. The molecule has 1 aliphatic heterocycles. The van der Waals surface area contributed by atoms with Gasteiger partial charge in [0.15, 0.2) is 0 Å². The van der Waals surface area contributed by atoms with Crippen molar-refractivity contribution in [1.82, 2.24) is 4.98 Å². The standard InChI is InChI=1S/C25H22FNO3/c26-17-9-7-15(8-10-17)24-20-3-1-2-4-22(20)27-25(16-5-6-16)21(24)12-11-19-13-18(28)14-23(29)30-19/h1-4,7-12,16,18-19,28H,5-6,13-14H2/b12-11+/t18-,19?/m0/s1. The summed E-state index contributed by atoms with van der Waals surface area (Å²) in [6.07, 6.45) is 5.24. The van der Waals surface area contributed by atoms with Gasteiger partial charge in [0.05, 0.1) is 23.7 Å². The van der Waals surface area contributed by atoms with E-state index in [1.165, 1.54) is 12.1 Å². The molecule has 1 unspecified atom stereocenters. The van der Waals surface area contributed by atoms with Crippen LogP contribution < -0.4 is 0 Å². The van der Waals surface area contributed by atoms with E-state index in [1.54, 1.807) is 12.1 Å². The summed E-state index contributed by atoms with van der Waals surface area (Å²) in [6, 6.07) is 14.5. The second-order valence-electron chi connectivity index (χ2n) is 8.07. The third kappa shape index (κ3) is 3.73. The molecule has 3 aromatic rings. The van der Waals surface area contributed by atoms with E-state index in [0.717, 1.165) is 46.1 Å². The summed E-state index contributed by atoms with van der Waals surface area (Å²) in [5.74, 6) is -0.270. The molecule has 1 aliphatic carbocycles. The topological polar surface area (TPSA) is 59.4 Å². The molecule has 2 aromatic carbocycles. The average Bonchev–Trinajstić information content (AvgIpc) is 3.57. The van der Waals surface area contributed by atoms with Gasteiger partial charge in [0.2, 0.25) is 0 Å². The van der Waals surface area contributed by atoms with E-state index in [1.807, 2.05) is 36.4 Å². The second-order valence-corrected chi connectivity index (χ2v) is 8.07. The number of carbonyl (C=O) groups is 1. The highest BCUT2D eigenvalue weighted by molar-refractivity contribution is 5.99. The van der Waals surface area contributed by atoms with Crippen molar-refractivity contribution >= 4 is 22.9 Å². The molecule has 2 atom stereocenters. The summed E-state index contributed by atoms with van der Waals surface area (Å²) in [7, 11) is 0. The van der Waals surface area contributed by atoms with Gasteiger partial charge in [-0.3, -0.25) is 9.78 Å². The molecule has 30 heavy (non-hydrogen) atoms. The van der Waals surface area contributed by atoms with Gasteiger partial charge in [-0.25, -0.2) is 4.39 Å². The van der Waals surface area contributed by atoms with Gasteiger partial charge < -0.3 is 9.84 Å². The summed E-state index contributed by atoms with van der Waals surface area (Å²) >= 11 is 0. The first kappa shape index (κ1) is 18.9. The highest BCUT2D eigenvalue weighted by Crippen LogP contribution is 2.45. The molecule has 4 nitrogen and oxygen atoms in total. The Morgan fingerprint density at radius 1 is 1.10 bits per heavy atom. The van der Waals surface area contributed by atoms with E-state index < -0.39 is 12.2 Å². The normalized spacial score (nSPS) is 21.9. The number of aliphatic hydroxyl groups is 1. The summed E-state index contributed by atoms with van der Waals surface area (Å²) < 4.78 is 19.0. The molecule has 0 spiro atoms. The number of nitrogens with zero attached hydrogens (tertiary/aromatic N) is 1. The lowest BCUT2D eigenvalue weighted by atomic mass is 9.92. The highest BCUT2D eigenvalue weighted by atomic mass is 19.1. The molecule has 1 aromatic heterocycles. The van der Waals surface area contributed by atoms with Crippen LogP contribution in [-0.4, -0.2) is 28.3 Å². The predicted octanol–water partition coefficient (Wildman–Crippen LogP) is 5.00. The zero-order valence-corrected chi connectivity index (χ0v) is 16.4. The first-order valence-electron chi connectivity index (χ1n) is 10.3. The maximum atomic E-state index is 13.6. The number of aliphatic hydroxyl groups excluding tert-OH is 1. The number of ether oxygens (including phenoxy) is 1. The van der Waals surface area contributed by atoms with Crippen LogP contribution in [0.15, 0.2) is 54.6 Å². The van der Waals surface area contributed by atoms with Crippen LogP contribution in [-0.2, 0) is 9.53 Å². The zero-order chi connectivity index (χ0) is 20.7. The number of hydrogen-bond donors (Lipinski definition) is 1. The number of benzene rings is 2. The van der Waals surface area contributed by atoms with E-state index in [9.17, 15) is 14.3 Å². The molecule has 2 heterocycles. The van der Waals surface area contributed by atoms with Crippen LogP contribution in [0.1, 0.15) is 42.9 Å². The van der Waals surface area contributed by atoms with E-state index in [-0.39, 0.29) is 18.2 Å². The Labute approximate surface area is 174 Å². The average molecular weight is 403 g/mol. The fraction of sp³-hybridized carbons (Fsp3) is 0.280. The fourth-order valence-corrected chi connectivity index (χ4v) is 4.14. The van der Waals surface area contributed by atoms with Gasteiger partial charge >= 0.3 is 5.97 Å². The minimum atomic E-state index is -0.685. The van der Waals surface area contributed by atoms with Gasteiger partial charge in [0, 0.05) is 28.9 Å². The molecular weight excluding hydrogens is 381 g/mol. The summed E-state index contributed by atoms with van der Waals surface area (Å²) in [4.78, 5) is 16.7. The molecule has 0 amide bonds. The third-order valence-electron chi connectivity index (χ3n) is 5.72. The third-order valence-corrected chi connectivity index (χ3v) is 5.72. The van der Waals surface area contributed by atoms with Crippen molar-refractivity contribution in [1.29, 1.82) is 0 Å². The Morgan fingerprint density at radius 3 is 2.60 bits per heavy atom. The number of halogens is 1. The van der Waals surface area contributed by atoms with Crippen molar-refractivity contribution in [3.63, 3.8) is 0 Å². The van der Waals surface area contributed by atoms with Gasteiger partial charge in [-0.2, -0.15) is 0 Å². The first-order valence-corrected chi connectivity index (χ1v) is 10.3. The van der Waals surface area contributed by atoms with Crippen molar-refractivity contribution in [2.75, 3.05) is 0 Å². The van der Waals surface area contributed by atoms with Gasteiger partial charge in [-0.15, -0.1) is 0 Å². The Balaban J connectivity index is 1.68. The van der Waals surface area contributed by atoms with E-state index in [0.29, 0.717) is 12.3 Å². The lowest BCUT2D eigenvalue weighted by Crippen LogP contribution is -2.31. The molecule has 2 fully saturated rings. The van der Waals surface area contributed by atoms with Crippen LogP contribution in [0.25, 0.3) is 28.1 Å². The summed E-state index contributed by atoms with van der Waals surface area (Å²) in [6.45, 7) is 0. The van der Waals surface area contributed by atoms with Crippen molar-refractivity contribution in [2.45, 2.75) is 43.8 Å². The largest absolute Gasteiger partial charge is 0.458 e. The lowest BCUT2D eigenvalue weighted by Gasteiger charge is -2.23. The number of carbonyl (C=O) groups excluding carboxylic acids is 1. The van der Waals surface area contributed by atoms with Crippen LogP contribution >= 0.6 is 0 Å². The minimum absolute atomic E-state index is 0.0377. The van der Waals surface area contributed by atoms with Crippen LogP contribution in [0.4, 0.5) is 4.39 Å². The van der Waals surface area contributed by atoms with Crippen LogP contribution in [0.3, 0.4) is 0 Å². The molecule has 1 saturated carbocycles. The number of esters is 1. The predicted molar refractivity (Wildman–Crippen MR) is 113 cm³/mol. The molecule has 5 heteroatoms. The van der Waals surface area contributed by atoms with Crippen LogP contribution in [0, 0.1) is 5.82 Å². The van der Waals surface area contributed by atoms with E-state index in [4.69, 9.17) is 9.72 Å². The quantitative estimate of drug-likeness (QED) is 0.623. The fourth-order valence-electron chi connectivity index (χ4n) is 4.14. The van der Waals surface area contributed by atoms with Crippen LogP contribution in [0.2, 0.25) is 0 Å². The second kappa shape index (κ2) is 7.65. The van der Waals surface area contributed by atoms with E-state index >= 15 is 0 Å². The number of hydrogen-bond acceptors (Lipinski definition) is 4. The molecule has 2 aliphatic rings. The Morgan fingerprint density at radius 2 is 1.87 bits per heavy atom. The Hall–Kier alpha value is -3.05. The molecule has 1 N–H and O–H groups in total. The molecular formula is C25H22FNO3. The molecule has 0 radical (unpaired) electrons. The van der Waals surface area contributed by atoms with Crippen molar-refractivity contribution in [3.05, 3.63) is 71.7 Å². The maximum Gasteiger partial charge on any atom is 0.309 e. The van der Waals surface area contributed by atoms with Gasteiger partial charge in [-0.05, 0) is 42.7 Å². The lowest BCUT2D eigenvalue weighted by molar-refractivity contribution is -0.156. The Bertz CT molecular complexity index is 1140. The Kier molecular flexibility index (Phi) is 4.83. The highest BCUT2D eigenvalue weighted by Gasteiger charge is 2.30. The molecule has 0 bridgehead atoms. The van der Waals surface area contributed by atoms with Crippen molar-refractivity contribution in [3.8, 4) is 11.1 Å². The molecule has 5 rings (SSSR count). The summed E-state index contributed by atoms with van der Waals surface area (Å²) in [5.41, 5.74) is 4.82.